The van der Waals surface area contributed by atoms with Gasteiger partial charge in [0.15, 0.2) is 0 Å². The summed E-state index contributed by atoms with van der Waals surface area (Å²) in [6, 6.07) is 9.59. The van der Waals surface area contributed by atoms with Crippen LogP contribution in [0, 0.1) is 5.82 Å². The molecule has 0 atom stereocenters. The molecule has 6 heteroatoms. The van der Waals surface area contributed by atoms with Gasteiger partial charge in [0.1, 0.15) is 5.82 Å². The van der Waals surface area contributed by atoms with Crippen molar-refractivity contribution in [3.63, 3.8) is 0 Å². The number of unbranched alkanes of at least 4 members (excludes halogenated alkanes) is 1. The van der Waals surface area contributed by atoms with E-state index in [0.29, 0.717) is 18.7 Å². The molecule has 1 aromatic carbocycles. The maximum atomic E-state index is 13.5. The highest BCUT2D eigenvalue weighted by atomic mass is 79.9. The molecule has 1 N–H and O–H groups in total. The lowest BCUT2D eigenvalue weighted by Gasteiger charge is -2.05. The maximum Gasteiger partial charge on any atom is 0.250 e. The molecule has 126 valence electrons. The summed E-state index contributed by atoms with van der Waals surface area (Å²) in [5, 5.41) is 2.74. The molecule has 1 heterocycles. The van der Waals surface area contributed by atoms with Gasteiger partial charge in [0.05, 0.1) is 0 Å². The highest BCUT2D eigenvalue weighted by Crippen LogP contribution is 2.16. The van der Waals surface area contributed by atoms with Gasteiger partial charge >= 0.3 is 0 Å². The Kier molecular flexibility index (Phi) is 6.93. The van der Waals surface area contributed by atoms with Gasteiger partial charge in [0.2, 0.25) is 11.5 Å². The van der Waals surface area contributed by atoms with Crippen molar-refractivity contribution in [3.8, 4) is 0 Å². The van der Waals surface area contributed by atoms with Crippen LogP contribution in [0.5, 0.6) is 0 Å². The summed E-state index contributed by atoms with van der Waals surface area (Å²) in [4.78, 5) is 23.2. The molecule has 0 aliphatic carbocycles. The first kappa shape index (κ1) is 18.1. The Labute approximate surface area is 148 Å². The molecule has 0 radical (unpaired) electrons. The number of halogens is 2. The fourth-order valence-corrected chi connectivity index (χ4v) is 2.51. The second kappa shape index (κ2) is 9.17. The number of rotatable bonds is 7. The predicted octanol–water partition coefficient (Wildman–Crippen LogP) is 3.36. The minimum Gasteiger partial charge on any atom is -0.353 e. The van der Waals surface area contributed by atoms with Gasteiger partial charge in [-0.15, -0.1) is 0 Å². The van der Waals surface area contributed by atoms with Crippen LogP contribution in [0.25, 0.3) is 6.08 Å². The van der Waals surface area contributed by atoms with Crippen LogP contribution in [-0.4, -0.2) is 17.0 Å². The van der Waals surface area contributed by atoms with Gasteiger partial charge in [-0.1, -0.05) is 22.0 Å². The zero-order valence-electron chi connectivity index (χ0n) is 13.0. The number of carbonyl (C=O) groups is 1. The van der Waals surface area contributed by atoms with E-state index in [1.54, 1.807) is 29.0 Å². The molecule has 0 bridgehead atoms. The second-order valence-corrected chi connectivity index (χ2v) is 6.15. The normalized spacial score (nSPS) is 10.9. The van der Waals surface area contributed by atoms with Gasteiger partial charge in [-0.25, -0.2) is 4.39 Å². The number of pyridine rings is 1. The molecular weight excluding hydrogens is 375 g/mol. The monoisotopic (exact) mass is 392 g/mol. The Balaban J connectivity index is 1.72. The zero-order chi connectivity index (χ0) is 17.4. The van der Waals surface area contributed by atoms with Gasteiger partial charge in [-0.2, -0.15) is 0 Å². The van der Waals surface area contributed by atoms with Crippen molar-refractivity contribution in [1.29, 1.82) is 0 Å². The molecule has 0 saturated heterocycles. The summed E-state index contributed by atoms with van der Waals surface area (Å²) in [7, 11) is 0. The van der Waals surface area contributed by atoms with Gasteiger partial charge in [0, 0.05) is 41.5 Å². The lowest BCUT2D eigenvalue weighted by molar-refractivity contribution is -0.116. The third-order valence-corrected chi connectivity index (χ3v) is 3.89. The van der Waals surface area contributed by atoms with E-state index in [1.807, 2.05) is 6.07 Å². The number of amides is 1. The number of hydrogen-bond donors (Lipinski definition) is 1. The fraction of sp³-hybridized carbons (Fsp3) is 0.222. The number of hydrogen-bond acceptors (Lipinski definition) is 2. The molecule has 1 amide bonds. The highest BCUT2D eigenvalue weighted by Gasteiger charge is 2.01. The van der Waals surface area contributed by atoms with Crippen molar-refractivity contribution >= 4 is 27.9 Å². The standard InChI is InChI=1S/C18H18BrFN2O2/c19-15-7-8-16(20)14(13-15)6-9-17(23)21-10-2-4-12-22-11-3-1-5-18(22)24/h1,3,5-9,11,13H,2,4,10,12H2,(H,21,23). The molecule has 0 aliphatic rings. The predicted molar refractivity (Wildman–Crippen MR) is 96.1 cm³/mol. The van der Waals surface area contributed by atoms with E-state index in [4.69, 9.17) is 0 Å². The maximum absolute atomic E-state index is 13.5. The molecule has 2 aromatic rings. The Morgan fingerprint density at radius 1 is 1.25 bits per heavy atom. The van der Waals surface area contributed by atoms with Crippen LogP contribution in [0.2, 0.25) is 0 Å². The summed E-state index contributed by atoms with van der Waals surface area (Å²) in [6.07, 6.45) is 6.04. The molecule has 1 aromatic heterocycles. The second-order valence-electron chi connectivity index (χ2n) is 5.23. The third kappa shape index (κ3) is 5.77. The minimum atomic E-state index is -0.379. The lowest BCUT2D eigenvalue weighted by atomic mass is 10.2. The van der Waals surface area contributed by atoms with Crippen LogP contribution in [0.4, 0.5) is 4.39 Å². The van der Waals surface area contributed by atoms with E-state index in [2.05, 4.69) is 21.2 Å². The fourth-order valence-electron chi connectivity index (χ4n) is 2.13. The third-order valence-electron chi connectivity index (χ3n) is 3.40. The van der Waals surface area contributed by atoms with Crippen molar-refractivity contribution in [3.05, 3.63) is 74.9 Å². The lowest BCUT2D eigenvalue weighted by Crippen LogP contribution is -2.23. The van der Waals surface area contributed by atoms with Crippen molar-refractivity contribution < 1.29 is 9.18 Å². The summed E-state index contributed by atoms with van der Waals surface area (Å²) < 4.78 is 15.9. The molecule has 0 spiro atoms. The number of benzene rings is 1. The summed E-state index contributed by atoms with van der Waals surface area (Å²) in [5.41, 5.74) is 0.323. The summed E-state index contributed by atoms with van der Waals surface area (Å²) >= 11 is 3.26. The van der Waals surface area contributed by atoms with E-state index in [-0.39, 0.29) is 17.3 Å². The summed E-state index contributed by atoms with van der Waals surface area (Å²) in [6.45, 7) is 1.13. The number of nitrogens with one attached hydrogen (secondary N) is 1. The quantitative estimate of drug-likeness (QED) is 0.580. The average molecular weight is 393 g/mol. The van der Waals surface area contributed by atoms with Crippen LogP contribution in [-0.2, 0) is 11.3 Å². The van der Waals surface area contributed by atoms with E-state index < -0.39 is 0 Å². The number of aryl methyl sites for hydroxylation is 1. The van der Waals surface area contributed by atoms with Gasteiger partial charge in [0.25, 0.3) is 0 Å². The van der Waals surface area contributed by atoms with Crippen LogP contribution in [0.15, 0.2) is 57.9 Å². The largest absolute Gasteiger partial charge is 0.353 e. The van der Waals surface area contributed by atoms with E-state index >= 15 is 0 Å². The highest BCUT2D eigenvalue weighted by molar-refractivity contribution is 9.10. The van der Waals surface area contributed by atoms with Crippen LogP contribution in [0.3, 0.4) is 0 Å². The van der Waals surface area contributed by atoms with Crippen LogP contribution in [0.1, 0.15) is 18.4 Å². The number of nitrogens with zero attached hydrogens (tertiary/aromatic N) is 1. The van der Waals surface area contributed by atoms with E-state index in [1.165, 1.54) is 24.3 Å². The Morgan fingerprint density at radius 2 is 2.08 bits per heavy atom. The van der Waals surface area contributed by atoms with Gasteiger partial charge in [-0.3, -0.25) is 9.59 Å². The van der Waals surface area contributed by atoms with E-state index in [9.17, 15) is 14.0 Å². The molecule has 4 nitrogen and oxygen atoms in total. The molecule has 0 unspecified atom stereocenters. The average Bonchev–Trinajstić information content (AvgIpc) is 2.57. The number of carbonyl (C=O) groups excluding carboxylic acids is 1. The summed E-state index contributed by atoms with van der Waals surface area (Å²) in [5.74, 6) is -0.651. The van der Waals surface area contributed by atoms with Crippen molar-refractivity contribution in [1.82, 2.24) is 9.88 Å². The first-order valence-electron chi connectivity index (χ1n) is 7.63. The topological polar surface area (TPSA) is 51.1 Å². The molecule has 24 heavy (non-hydrogen) atoms. The van der Waals surface area contributed by atoms with E-state index in [0.717, 1.165) is 17.3 Å². The van der Waals surface area contributed by atoms with Gasteiger partial charge < -0.3 is 9.88 Å². The zero-order valence-corrected chi connectivity index (χ0v) is 14.6. The first-order chi connectivity index (χ1) is 11.6. The number of aromatic nitrogens is 1. The van der Waals surface area contributed by atoms with Crippen molar-refractivity contribution in [2.75, 3.05) is 6.54 Å². The Hall–Kier alpha value is -2.21. The SMILES string of the molecule is O=C(C=Cc1cc(Br)ccc1F)NCCCCn1ccccc1=O. The molecular formula is C18H18BrFN2O2. The van der Waals surface area contributed by atoms with Crippen LogP contribution >= 0.6 is 15.9 Å². The first-order valence-corrected chi connectivity index (χ1v) is 8.42. The molecule has 0 saturated carbocycles. The molecule has 0 fully saturated rings. The Bertz CT molecular complexity index is 787. The van der Waals surface area contributed by atoms with Crippen molar-refractivity contribution in [2.24, 2.45) is 0 Å². The smallest absolute Gasteiger partial charge is 0.250 e. The molecule has 2 rings (SSSR count). The minimum absolute atomic E-state index is 0.0273. The van der Waals surface area contributed by atoms with Crippen LogP contribution < -0.4 is 10.9 Å². The molecule has 0 aliphatic heterocycles. The Morgan fingerprint density at radius 3 is 2.88 bits per heavy atom. The van der Waals surface area contributed by atoms with Gasteiger partial charge in [-0.05, 0) is 43.2 Å². The van der Waals surface area contributed by atoms with Crippen molar-refractivity contribution in [2.45, 2.75) is 19.4 Å².